The van der Waals surface area contributed by atoms with Crippen molar-refractivity contribution in [2.75, 3.05) is 20.2 Å². The van der Waals surface area contributed by atoms with E-state index in [1.54, 1.807) is 7.05 Å². The van der Waals surface area contributed by atoms with Crippen LogP contribution in [-0.2, 0) is 25.6 Å². The van der Waals surface area contributed by atoms with Crippen molar-refractivity contribution < 1.29 is 17.9 Å². The molecule has 1 atom stereocenters. The number of aromatic nitrogens is 4. The van der Waals surface area contributed by atoms with Gasteiger partial charge in [-0.1, -0.05) is 18.5 Å². The molecule has 0 saturated heterocycles. The van der Waals surface area contributed by atoms with E-state index in [4.69, 9.17) is 16.3 Å². The molecule has 0 saturated carbocycles. The summed E-state index contributed by atoms with van der Waals surface area (Å²) in [4.78, 5) is 12.3. The predicted octanol–water partition coefficient (Wildman–Crippen LogP) is 2.47. The second-order valence-electron chi connectivity index (χ2n) is 6.72. The van der Waals surface area contributed by atoms with Crippen LogP contribution in [0.25, 0.3) is 0 Å². The molecule has 1 unspecified atom stereocenters. The molecule has 2 N–H and O–H groups in total. The van der Waals surface area contributed by atoms with Crippen molar-refractivity contribution in [3.63, 3.8) is 0 Å². The summed E-state index contributed by atoms with van der Waals surface area (Å²) >= 11 is 5.83. The van der Waals surface area contributed by atoms with Crippen LogP contribution in [-0.4, -0.2) is 51.9 Å². The molecule has 164 valence electrons. The number of halogens is 4. The summed E-state index contributed by atoms with van der Waals surface area (Å²) in [6.07, 6.45) is -1.26. The lowest BCUT2D eigenvalue weighted by molar-refractivity contribution is -0.137. The SMILES string of the molecule is CCc1nc2n(n1)CC(NC(=NC)NCCOc1ncc(C(F)(F)F)cc1Cl)CC2. The molecule has 0 aliphatic carbocycles. The number of alkyl halides is 3. The minimum atomic E-state index is -4.50. The van der Waals surface area contributed by atoms with E-state index in [-0.39, 0.29) is 23.6 Å². The van der Waals surface area contributed by atoms with Crippen molar-refractivity contribution in [2.45, 2.75) is 44.9 Å². The third-order valence-corrected chi connectivity index (χ3v) is 4.82. The maximum absolute atomic E-state index is 12.6. The van der Waals surface area contributed by atoms with Gasteiger partial charge < -0.3 is 15.4 Å². The molecule has 2 aromatic rings. The zero-order valence-corrected chi connectivity index (χ0v) is 17.4. The van der Waals surface area contributed by atoms with Crippen LogP contribution in [0.15, 0.2) is 17.3 Å². The maximum atomic E-state index is 12.6. The first-order chi connectivity index (χ1) is 14.3. The van der Waals surface area contributed by atoms with E-state index < -0.39 is 11.7 Å². The minimum Gasteiger partial charge on any atom is -0.475 e. The van der Waals surface area contributed by atoms with Crippen LogP contribution in [0.3, 0.4) is 0 Å². The van der Waals surface area contributed by atoms with Crippen molar-refractivity contribution in [1.29, 1.82) is 0 Å². The average molecular weight is 446 g/mol. The summed E-state index contributed by atoms with van der Waals surface area (Å²) in [6.45, 7) is 3.24. The van der Waals surface area contributed by atoms with Crippen LogP contribution in [0.2, 0.25) is 5.02 Å². The fourth-order valence-corrected chi connectivity index (χ4v) is 3.24. The first-order valence-corrected chi connectivity index (χ1v) is 9.93. The quantitative estimate of drug-likeness (QED) is 0.403. The maximum Gasteiger partial charge on any atom is 0.417 e. The van der Waals surface area contributed by atoms with Crippen molar-refractivity contribution in [3.8, 4) is 5.88 Å². The zero-order valence-electron chi connectivity index (χ0n) is 16.6. The molecule has 1 aliphatic heterocycles. The van der Waals surface area contributed by atoms with Crippen LogP contribution in [0.5, 0.6) is 5.88 Å². The molecule has 1 aliphatic rings. The van der Waals surface area contributed by atoms with E-state index >= 15 is 0 Å². The topological polar surface area (TPSA) is 89.2 Å². The van der Waals surface area contributed by atoms with Crippen molar-refractivity contribution >= 4 is 17.6 Å². The number of hydrogen-bond acceptors (Lipinski definition) is 5. The molecule has 0 aromatic carbocycles. The van der Waals surface area contributed by atoms with Gasteiger partial charge in [0.15, 0.2) is 11.8 Å². The summed E-state index contributed by atoms with van der Waals surface area (Å²) in [6, 6.07) is 0.950. The van der Waals surface area contributed by atoms with Crippen LogP contribution in [0.1, 0.15) is 30.6 Å². The van der Waals surface area contributed by atoms with Gasteiger partial charge in [-0.25, -0.2) is 14.6 Å². The number of nitrogens with one attached hydrogen (secondary N) is 2. The number of ether oxygens (including phenoxy) is 1. The van der Waals surface area contributed by atoms with E-state index in [0.29, 0.717) is 25.2 Å². The second-order valence-corrected chi connectivity index (χ2v) is 7.12. The van der Waals surface area contributed by atoms with Crippen LogP contribution >= 0.6 is 11.6 Å². The Morgan fingerprint density at radius 1 is 1.43 bits per heavy atom. The molecule has 12 heteroatoms. The van der Waals surface area contributed by atoms with Crippen LogP contribution in [0, 0.1) is 0 Å². The second kappa shape index (κ2) is 9.50. The Morgan fingerprint density at radius 2 is 2.23 bits per heavy atom. The summed E-state index contributed by atoms with van der Waals surface area (Å²) in [5, 5.41) is 10.7. The average Bonchev–Trinajstić information content (AvgIpc) is 3.13. The molecule has 0 spiro atoms. The van der Waals surface area contributed by atoms with Gasteiger partial charge in [-0.05, 0) is 12.5 Å². The third kappa shape index (κ3) is 5.53. The first-order valence-electron chi connectivity index (χ1n) is 9.55. The summed E-state index contributed by atoms with van der Waals surface area (Å²) in [7, 11) is 1.66. The number of aliphatic imine (C=N–C) groups is 1. The number of fused-ring (bicyclic) bond motifs is 1. The number of nitrogens with zero attached hydrogens (tertiary/aromatic N) is 5. The van der Waals surface area contributed by atoms with Gasteiger partial charge in [0.05, 0.1) is 18.7 Å². The molecule has 0 fully saturated rings. The van der Waals surface area contributed by atoms with E-state index in [1.165, 1.54) is 0 Å². The predicted molar refractivity (Wildman–Crippen MR) is 106 cm³/mol. The normalized spacial score (nSPS) is 16.9. The van der Waals surface area contributed by atoms with Gasteiger partial charge in [0.25, 0.3) is 0 Å². The van der Waals surface area contributed by atoms with Gasteiger partial charge >= 0.3 is 6.18 Å². The molecular weight excluding hydrogens is 423 g/mol. The molecule has 0 bridgehead atoms. The van der Waals surface area contributed by atoms with Gasteiger partial charge in [0, 0.05) is 32.1 Å². The first kappa shape index (κ1) is 22.1. The number of aryl methyl sites for hydroxylation is 2. The Hall–Kier alpha value is -2.56. The Bertz CT molecular complexity index is 900. The fraction of sp³-hybridized carbons (Fsp3) is 0.556. The molecular formula is C18H23ClF3N7O. The van der Waals surface area contributed by atoms with Crippen molar-refractivity contribution in [1.82, 2.24) is 30.4 Å². The fourth-order valence-electron chi connectivity index (χ4n) is 3.02. The molecule has 30 heavy (non-hydrogen) atoms. The van der Waals surface area contributed by atoms with Gasteiger partial charge in [-0.3, -0.25) is 4.99 Å². The lowest BCUT2D eigenvalue weighted by atomic mass is 10.1. The third-order valence-electron chi connectivity index (χ3n) is 4.55. The molecule has 2 aromatic heterocycles. The highest BCUT2D eigenvalue weighted by Crippen LogP contribution is 2.33. The van der Waals surface area contributed by atoms with E-state index in [0.717, 1.165) is 37.0 Å². The van der Waals surface area contributed by atoms with Crippen LogP contribution < -0.4 is 15.4 Å². The lowest BCUT2D eigenvalue weighted by Gasteiger charge is -2.25. The number of rotatable bonds is 6. The van der Waals surface area contributed by atoms with Gasteiger partial charge in [-0.2, -0.15) is 18.3 Å². The lowest BCUT2D eigenvalue weighted by Crippen LogP contribution is -2.47. The molecule has 8 nitrogen and oxygen atoms in total. The van der Waals surface area contributed by atoms with E-state index in [2.05, 4.69) is 30.7 Å². The Kier molecular flexibility index (Phi) is 7.01. The monoisotopic (exact) mass is 445 g/mol. The number of guanidine groups is 1. The Balaban J connectivity index is 1.45. The smallest absolute Gasteiger partial charge is 0.417 e. The summed E-state index contributed by atoms with van der Waals surface area (Å²) in [5.41, 5.74) is -0.920. The van der Waals surface area contributed by atoms with Crippen molar-refractivity contribution in [3.05, 3.63) is 34.5 Å². The van der Waals surface area contributed by atoms with Gasteiger partial charge in [0.2, 0.25) is 5.88 Å². The summed E-state index contributed by atoms with van der Waals surface area (Å²) in [5.74, 6) is 2.39. The molecule has 3 rings (SSSR count). The molecule has 3 heterocycles. The largest absolute Gasteiger partial charge is 0.475 e. The minimum absolute atomic E-state index is 0.0490. The standard InChI is InChI=1S/C18H23ClF3N7O/c1-3-14-27-15-5-4-12(10-29(15)28-14)26-17(23-2)24-6-7-30-16-13(19)8-11(9-25-16)18(20,21)22/h8-9,12H,3-7,10H2,1-2H3,(H2,23,24,26). The van der Waals surface area contributed by atoms with E-state index in [1.807, 2.05) is 11.6 Å². The molecule has 0 radical (unpaired) electrons. The van der Waals surface area contributed by atoms with E-state index in [9.17, 15) is 13.2 Å². The highest BCUT2D eigenvalue weighted by molar-refractivity contribution is 6.31. The highest BCUT2D eigenvalue weighted by Gasteiger charge is 2.31. The molecule has 0 amide bonds. The Morgan fingerprint density at radius 3 is 2.90 bits per heavy atom. The Labute approximate surface area is 176 Å². The van der Waals surface area contributed by atoms with Gasteiger partial charge in [-0.15, -0.1) is 0 Å². The highest BCUT2D eigenvalue weighted by atomic mass is 35.5. The van der Waals surface area contributed by atoms with Crippen LogP contribution in [0.4, 0.5) is 13.2 Å². The number of hydrogen-bond donors (Lipinski definition) is 2. The zero-order chi connectivity index (χ0) is 21.7. The van der Waals surface area contributed by atoms with Crippen molar-refractivity contribution in [2.24, 2.45) is 4.99 Å². The summed E-state index contributed by atoms with van der Waals surface area (Å²) < 4.78 is 45.2. The number of pyridine rings is 1. The van der Waals surface area contributed by atoms with Gasteiger partial charge in [0.1, 0.15) is 17.5 Å².